The van der Waals surface area contributed by atoms with Crippen LogP contribution in [0.2, 0.25) is 0 Å². The first kappa shape index (κ1) is 18.8. The van der Waals surface area contributed by atoms with Crippen LogP contribution in [0.1, 0.15) is 45.9 Å². The van der Waals surface area contributed by atoms with Crippen molar-refractivity contribution in [2.24, 2.45) is 7.05 Å². The summed E-state index contributed by atoms with van der Waals surface area (Å²) in [5, 5.41) is 5.98. The summed E-state index contributed by atoms with van der Waals surface area (Å²) in [6, 6.07) is 11.4. The summed E-state index contributed by atoms with van der Waals surface area (Å²) >= 11 is 1.89. The van der Waals surface area contributed by atoms with Crippen LogP contribution in [0.4, 0.5) is 0 Å². The maximum Gasteiger partial charge on any atom is 0.274 e. The zero-order valence-electron chi connectivity index (χ0n) is 17.2. The summed E-state index contributed by atoms with van der Waals surface area (Å²) in [5.74, 6) is 0.132. The first-order valence-corrected chi connectivity index (χ1v) is 11.4. The minimum atomic E-state index is 0.132. The molecule has 0 saturated carbocycles. The summed E-state index contributed by atoms with van der Waals surface area (Å²) in [4.78, 5) is 18.9. The maximum atomic E-state index is 13.0. The second-order valence-corrected chi connectivity index (χ2v) is 9.63. The van der Waals surface area contributed by atoms with Crippen molar-refractivity contribution in [3.8, 4) is 0 Å². The van der Waals surface area contributed by atoms with Crippen LogP contribution >= 0.6 is 11.3 Å². The van der Waals surface area contributed by atoms with E-state index in [1.54, 1.807) is 0 Å². The normalized spacial score (nSPS) is 19.3. The van der Waals surface area contributed by atoms with Crippen molar-refractivity contribution in [3.63, 3.8) is 0 Å². The van der Waals surface area contributed by atoms with Crippen LogP contribution in [0.3, 0.4) is 0 Å². The van der Waals surface area contributed by atoms with Gasteiger partial charge < -0.3 is 4.90 Å². The quantitative estimate of drug-likeness (QED) is 0.658. The Balaban J connectivity index is 1.35. The van der Waals surface area contributed by atoms with E-state index in [1.165, 1.54) is 26.2 Å². The molecule has 3 aromatic rings. The van der Waals surface area contributed by atoms with E-state index in [1.807, 2.05) is 28.0 Å². The molecule has 0 N–H and O–H groups in total. The second kappa shape index (κ2) is 7.58. The fourth-order valence-corrected chi connectivity index (χ4v) is 6.01. The van der Waals surface area contributed by atoms with Crippen LogP contribution in [-0.4, -0.2) is 51.7 Å². The number of likely N-dealkylation sites (tertiary alicyclic amines) is 1. The van der Waals surface area contributed by atoms with Crippen LogP contribution < -0.4 is 0 Å². The molecular formula is C23H28N4OS. The minimum absolute atomic E-state index is 0.132. The Labute approximate surface area is 175 Å². The lowest BCUT2D eigenvalue weighted by Crippen LogP contribution is -2.37. The number of aryl methyl sites for hydroxylation is 1. The van der Waals surface area contributed by atoms with Crippen LogP contribution in [0.5, 0.6) is 0 Å². The lowest BCUT2D eigenvalue weighted by molar-refractivity contribution is 0.0784. The molecular weight excluding hydrogens is 380 g/mol. The van der Waals surface area contributed by atoms with Gasteiger partial charge in [0.15, 0.2) is 5.69 Å². The minimum Gasteiger partial charge on any atom is -0.337 e. The summed E-state index contributed by atoms with van der Waals surface area (Å²) in [5.41, 5.74) is 3.13. The Morgan fingerprint density at radius 2 is 2.07 bits per heavy atom. The predicted molar refractivity (Wildman–Crippen MR) is 117 cm³/mol. The van der Waals surface area contributed by atoms with E-state index in [-0.39, 0.29) is 5.91 Å². The molecule has 5 rings (SSSR count). The average Bonchev–Trinajstić information content (AvgIpc) is 3.46. The summed E-state index contributed by atoms with van der Waals surface area (Å²) in [6.07, 6.45) is 5.25. The van der Waals surface area contributed by atoms with Crippen LogP contribution in [0.15, 0.2) is 30.3 Å². The van der Waals surface area contributed by atoms with Crippen LogP contribution in [-0.2, 0) is 26.4 Å². The van der Waals surface area contributed by atoms with Gasteiger partial charge >= 0.3 is 0 Å². The second-order valence-electron chi connectivity index (χ2n) is 8.46. The lowest BCUT2D eigenvalue weighted by atomic mass is 9.90. The van der Waals surface area contributed by atoms with E-state index >= 15 is 0 Å². The third kappa shape index (κ3) is 3.49. The molecule has 1 aliphatic carbocycles. The highest BCUT2D eigenvalue weighted by molar-refractivity contribution is 7.19. The molecule has 1 amide bonds. The van der Waals surface area contributed by atoms with Gasteiger partial charge in [0.05, 0.1) is 0 Å². The van der Waals surface area contributed by atoms with Gasteiger partial charge in [-0.25, -0.2) is 0 Å². The van der Waals surface area contributed by atoms with Crippen molar-refractivity contribution in [1.82, 2.24) is 19.6 Å². The Hall–Kier alpha value is -2.18. The van der Waals surface area contributed by atoms with Gasteiger partial charge in [-0.05, 0) is 56.7 Å². The zero-order chi connectivity index (χ0) is 20.0. The Morgan fingerprint density at radius 3 is 2.86 bits per heavy atom. The SMILES string of the molecule is CN(Cc1cc2ccccc2s1)[C@H]1CCc2c(c(C(=O)N3CCCC3)nn2C)C1. The molecule has 1 atom stereocenters. The topological polar surface area (TPSA) is 41.4 Å². The molecule has 0 radical (unpaired) electrons. The van der Waals surface area contributed by atoms with Gasteiger partial charge in [0.1, 0.15) is 0 Å². The maximum absolute atomic E-state index is 13.0. The first-order chi connectivity index (χ1) is 14.1. The smallest absolute Gasteiger partial charge is 0.274 e. The van der Waals surface area contributed by atoms with Crippen LogP contribution in [0, 0.1) is 0 Å². The molecule has 1 saturated heterocycles. The Bertz CT molecular complexity index is 1010. The Kier molecular flexibility index (Phi) is 4.92. The third-order valence-corrected chi connectivity index (χ3v) is 7.63. The van der Waals surface area contributed by atoms with Crippen molar-refractivity contribution in [1.29, 1.82) is 0 Å². The molecule has 29 heavy (non-hydrogen) atoms. The third-order valence-electron chi connectivity index (χ3n) is 6.53. The number of hydrogen-bond acceptors (Lipinski definition) is 4. The number of hydrogen-bond donors (Lipinski definition) is 0. The van der Waals surface area contributed by atoms with Crippen molar-refractivity contribution >= 4 is 27.3 Å². The fourth-order valence-electron chi connectivity index (χ4n) is 4.88. The number of benzene rings is 1. The summed E-state index contributed by atoms with van der Waals surface area (Å²) < 4.78 is 3.30. The Morgan fingerprint density at radius 1 is 1.28 bits per heavy atom. The highest BCUT2D eigenvalue weighted by Gasteiger charge is 2.32. The van der Waals surface area contributed by atoms with Gasteiger partial charge in [0, 0.05) is 53.6 Å². The number of amides is 1. The van der Waals surface area contributed by atoms with Gasteiger partial charge in [0.2, 0.25) is 0 Å². The molecule has 0 unspecified atom stereocenters. The first-order valence-electron chi connectivity index (χ1n) is 10.6. The molecule has 2 aromatic heterocycles. The largest absolute Gasteiger partial charge is 0.337 e. The number of carbonyl (C=O) groups excluding carboxylic acids is 1. The van der Waals surface area contributed by atoms with Crippen molar-refractivity contribution in [2.75, 3.05) is 20.1 Å². The molecule has 6 heteroatoms. The van der Waals surface area contributed by atoms with Crippen molar-refractivity contribution in [3.05, 3.63) is 52.2 Å². The van der Waals surface area contributed by atoms with Gasteiger partial charge in [-0.3, -0.25) is 14.4 Å². The average molecular weight is 409 g/mol. The molecule has 0 bridgehead atoms. The molecule has 3 heterocycles. The number of aromatic nitrogens is 2. The van der Waals surface area contributed by atoms with E-state index in [9.17, 15) is 4.79 Å². The molecule has 2 aliphatic rings. The van der Waals surface area contributed by atoms with Crippen molar-refractivity contribution < 1.29 is 4.79 Å². The van der Waals surface area contributed by atoms with E-state index in [2.05, 4.69) is 47.4 Å². The summed E-state index contributed by atoms with van der Waals surface area (Å²) in [7, 11) is 4.21. The van der Waals surface area contributed by atoms with E-state index in [0.717, 1.165) is 51.7 Å². The predicted octanol–water partition coefficient (Wildman–Crippen LogP) is 3.86. The molecule has 1 fully saturated rings. The fraction of sp³-hybridized carbons (Fsp3) is 0.478. The molecule has 1 aliphatic heterocycles. The van der Waals surface area contributed by atoms with E-state index in [4.69, 9.17) is 0 Å². The van der Waals surface area contributed by atoms with E-state index in [0.29, 0.717) is 11.7 Å². The molecule has 152 valence electrons. The number of rotatable bonds is 4. The van der Waals surface area contributed by atoms with Crippen molar-refractivity contribution in [2.45, 2.75) is 44.7 Å². The highest BCUT2D eigenvalue weighted by Crippen LogP contribution is 2.31. The van der Waals surface area contributed by atoms with Gasteiger partial charge in [-0.15, -0.1) is 11.3 Å². The number of likely N-dealkylation sites (N-methyl/N-ethyl adjacent to an activating group) is 1. The standard InChI is InChI=1S/C23H28N4OS/c1-25(15-18-13-16-7-3-4-8-21(16)29-18)17-9-10-20-19(14-17)22(24-26(20)2)23(28)27-11-5-6-12-27/h3-4,7-8,13,17H,5-6,9-12,14-15H2,1-2H3/t17-/m0/s1. The molecule has 5 nitrogen and oxygen atoms in total. The number of nitrogens with zero attached hydrogens (tertiary/aromatic N) is 4. The number of carbonyl (C=O) groups is 1. The zero-order valence-corrected chi connectivity index (χ0v) is 18.0. The van der Waals surface area contributed by atoms with E-state index < -0.39 is 0 Å². The number of fused-ring (bicyclic) bond motifs is 2. The summed E-state index contributed by atoms with van der Waals surface area (Å²) in [6.45, 7) is 2.70. The van der Waals surface area contributed by atoms with Gasteiger partial charge in [0.25, 0.3) is 5.91 Å². The van der Waals surface area contributed by atoms with Gasteiger partial charge in [-0.2, -0.15) is 5.10 Å². The molecule has 1 aromatic carbocycles. The molecule has 0 spiro atoms. The number of thiophene rings is 1. The van der Waals surface area contributed by atoms with Gasteiger partial charge in [-0.1, -0.05) is 18.2 Å². The van der Waals surface area contributed by atoms with Crippen LogP contribution in [0.25, 0.3) is 10.1 Å². The lowest BCUT2D eigenvalue weighted by Gasteiger charge is -2.31. The highest BCUT2D eigenvalue weighted by atomic mass is 32.1. The monoisotopic (exact) mass is 408 g/mol.